The molecule has 21 heavy (non-hydrogen) atoms. The standard InChI is InChI=1S/C17H17NO3/c1-18-17(19)21-15-11-14-9-5-8-13(16(14)20-15)10-12-6-3-2-4-7-12/h2-9,15H,10-11H2,1H3,(H,18,19). The molecule has 0 bridgehead atoms. The van der Waals surface area contributed by atoms with Crippen LogP contribution in [0, 0.1) is 0 Å². The Balaban J connectivity index is 1.78. The van der Waals surface area contributed by atoms with Gasteiger partial charge in [0.2, 0.25) is 6.29 Å². The monoisotopic (exact) mass is 283 g/mol. The van der Waals surface area contributed by atoms with Crippen molar-refractivity contribution in [2.75, 3.05) is 7.05 Å². The second-order valence-electron chi connectivity index (χ2n) is 4.97. The van der Waals surface area contributed by atoms with Crippen molar-refractivity contribution in [1.29, 1.82) is 0 Å². The number of amides is 1. The number of nitrogens with one attached hydrogen (secondary N) is 1. The Hall–Kier alpha value is -2.49. The molecule has 1 aliphatic heterocycles. The first kappa shape index (κ1) is 13.5. The van der Waals surface area contributed by atoms with Crippen LogP contribution in [0.2, 0.25) is 0 Å². The molecule has 0 saturated heterocycles. The lowest BCUT2D eigenvalue weighted by Gasteiger charge is -2.13. The summed E-state index contributed by atoms with van der Waals surface area (Å²) in [6.07, 6.45) is 0.372. The van der Waals surface area contributed by atoms with E-state index in [1.807, 2.05) is 36.4 Å². The van der Waals surface area contributed by atoms with Gasteiger partial charge in [-0.2, -0.15) is 0 Å². The van der Waals surface area contributed by atoms with Crippen LogP contribution in [0.1, 0.15) is 16.7 Å². The minimum atomic E-state index is -0.545. The number of alkyl carbamates (subject to hydrolysis) is 1. The Labute approximate surface area is 123 Å². The summed E-state index contributed by atoms with van der Waals surface area (Å²) in [5, 5.41) is 2.43. The van der Waals surface area contributed by atoms with Crippen LogP contribution < -0.4 is 10.1 Å². The number of hydrogen-bond donors (Lipinski definition) is 1. The zero-order valence-electron chi connectivity index (χ0n) is 11.8. The van der Waals surface area contributed by atoms with E-state index in [0.29, 0.717) is 6.42 Å². The number of hydrogen-bond acceptors (Lipinski definition) is 3. The SMILES string of the molecule is CNC(=O)OC1Cc2cccc(Cc3ccccc3)c2O1. The van der Waals surface area contributed by atoms with E-state index in [4.69, 9.17) is 9.47 Å². The molecule has 0 aliphatic carbocycles. The van der Waals surface area contributed by atoms with Gasteiger partial charge >= 0.3 is 6.09 Å². The zero-order chi connectivity index (χ0) is 14.7. The Kier molecular flexibility index (Phi) is 3.77. The van der Waals surface area contributed by atoms with Gasteiger partial charge in [0, 0.05) is 19.0 Å². The molecular weight excluding hydrogens is 266 g/mol. The van der Waals surface area contributed by atoms with E-state index in [0.717, 1.165) is 23.3 Å². The molecule has 0 spiro atoms. The molecule has 1 aliphatic rings. The number of rotatable bonds is 3. The summed E-state index contributed by atoms with van der Waals surface area (Å²) in [7, 11) is 1.53. The summed E-state index contributed by atoms with van der Waals surface area (Å²) in [5.74, 6) is 0.843. The fraction of sp³-hybridized carbons (Fsp3) is 0.235. The van der Waals surface area contributed by atoms with Gasteiger partial charge in [-0.3, -0.25) is 0 Å². The first-order valence-electron chi connectivity index (χ1n) is 6.96. The zero-order valence-corrected chi connectivity index (χ0v) is 11.8. The van der Waals surface area contributed by atoms with E-state index in [1.165, 1.54) is 12.6 Å². The summed E-state index contributed by atoms with van der Waals surface area (Å²) < 4.78 is 11.0. The third kappa shape index (κ3) is 2.99. The molecular formula is C17H17NO3. The normalized spacial score (nSPS) is 16.0. The molecule has 108 valence electrons. The molecule has 4 heteroatoms. The maximum absolute atomic E-state index is 11.3. The van der Waals surface area contributed by atoms with Crippen LogP contribution in [-0.2, 0) is 17.6 Å². The summed E-state index contributed by atoms with van der Waals surface area (Å²) in [6.45, 7) is 0. The van der Waals surface area contributed by atoms with Crippen LogP contribution in [0.3, 0.4) is 0 Å². The number of ether oxygens (including phenoxy) is 2. The van der Waals surface area contributed by atoms with E-state index >= 15 is 0 Å². The second-order valence-corrected chi connectivity index (χ2v) is 4.97. The molecule has 0 saturated carbocycles. The van der Waals surface area contributed by atoms with Crippen molar-refractivity contribution in [3.63, 3.8) is 0 Å². The lowest BCUT2D eigenvalue weighted by molar-refractivity contribution is -0.0160. The van der Waals surface area contributed by atoms with Gasteiger partial charge in [0.1, 0.15) is 5.75 Å². The predicted octanol–water partition coefficient (Wildman–Crippen LogP) is 2.89. The molecule has 0 radical (unpaired) electrons. The third-order valence-corrected chi connectivity index (χ3v) is 3.49. The molecule has 1 unspecified atom stereocenters. The van der Waals surface area contributed by atoms with Crippen LogP contribution in [0.25, 0.3) is 0 Å². The van der Waals surface area contributed by atoms with E-state index in [-0.39, 0.29) is 0 Å². The van der Waals surface area contributed by atoms with E-state index < -0.39 is 12.4 Å². The van der Waals surface area contributed by atoms with Crippen molar-refractivity contribution in [2.24, 2.45) is 0 Å². The van der Waals surface area contributed by atoms with Crippen LogP contribution in [0.5, 0.6) is 5.75 Å². The lowest BCUT2D eigenvalue weighted by atomic mass is 10.0. The molecule has 2 aromatic carbocycles. The molecule has 3 rings (SSSR count). The van der Waals surface area contributed by atoms with Gasteiger partial charge in [-0.25, -0.2) is 4.79 Å². The van der Waals surface area contributed by atoms with Crippen molar-refractivity contribution in [3.8, 4) is 5.75 Å². The Bertz CT molecular complexity index is 640. The fourth-order valence-corrected chi connectivity index (χ4v) is 2.50. The second kappa shape index (κ2) is 5.87. The van der Waals surface area contributed by atoms with Gasteiger partial charge in [0.15, 0.2) is 0 Å². The number of carbonyl (C=O) groups excluding carboxylic acids is 1. The van der Waals surface area contributed by atoms with Crippen molar-refractivity contribution < 1.29 is 14.3 Å². The fourth-order valence-electron chi connectivity index (χ4n) is 2.50. The van der Waals surface area contributed by atoms with Crippen LogP contribution >= 0.6 is 0 Å². The summed E-state index contributed by atoms with van der Waals surface area (Å²) in [5.41, 5.74) is 3.42. The molecule has 1 N–H and O–H groups in total. The smallest absolute Gasteiger partial charge is 0.409 e. The molecule has 2 aromatic rings. The van der Waals surface area contributed by atoms with E-state index in [1.54, 1.807) is 0 Å². The van der Waals surface area contributed by atoms with Gasteiger partial charge in [-0.1, -0.05) is 48.5 Å². The van der Waals surface area contributed by atoms with Crippen molar-refractivity contribution in [3.05, 3.63) is 65.2 Å². The lowest BCUT2D eigenvalue weighted by Crippen LogP contribution is -2.28. The Morgan fingerprint density at radius 3 is 2.81 bits per heavy atom. The minimum Gasteiger partial charge on any atom is -0.454 e. The van der Waals surface area contributed by atoms with Gasteiger partial charge in [-0.15, -0.1) is 0 Å². The maximum atomic E-state index is 11.3. The molecule has 1 heterocycles. The number of carbonyl (C=O) groups is 1. The molecule has 4 nitrogen and oxygen atoms in total. The highest BCUT2D eigenvalue weighted by atomic mass is 16.7. The highest BCUT2D eigenvalue weighted by Gasteiger charge is 2.27. The first-order chi connectivity index (χ1) is 10.3. The number of benzene rings is 2. The molecule has 0 aromatic heterocycles. The van der Waals surface area contributed by atoms with Gasteiger partial charge in [-0.05, 0) is 11.1 Å². The van der Waals surface area contributed by atoms with Gasteiger partial charge in [0.25, 0.3) is 0 Å². The van der Waals surface area contributed by atoms with E-state index in [9.17, 15) is 4.79 Å². The van der Waals surface area contributed by atoms with Crippen LogP contribution in [-0.4, -0.2) is 19.4 Å². The van der Waals surface area contributed by atoms with Crippen LogP contribution in [0.15, 0.2) is 48.5 Å². The first-order valence-corrected chi connectivity index (χ1v) is 6.96. The summed E-state index contributed by atoms with van der Waals surface area (Å²) >= 11 is 0. The Morgan fingerprint density at radius 1 is 1.24 bits per heavy atom. The molecule has 1 amide bonds. The largest absolute Gasteiger partial charge is 0.454 e. The highest BCUT2D eigenvalue weighted by molar-refractivity contribution is 5.67. The highest BCUT2D eigenvalue weighted by Crippen LogP contribution is 2.34. The minimum absolute atomic E-state index is 0.475. The topological polar surface area (TPSA) is 47.6 Å². The van der Waals surface area contributed by atoms with Crippen molar-refractivity contribution in [1.82, 2.24) is 5.32 Å². The maximum Gasteiger partial charge on any atom is 0.409 e. The number of fused-ring (bicyclic) bond motifs is 1. The van der Waals surface area contributed by atoms with Gasteiger partial charge in [0.05, 0.1) is 6.42 Å². The Morgan fingerprint density at radius 2 is 2.05 bits per heavy atom. The average molecular weight is 283 g/mol. The van der Waals surface area contributed by atoms with Crippen LogP contribution in [0.4, 0.5) is 4.79 Å². The predicted molar refractivity (Wildman–Crippen MR) is 79.4 cm³/mol. The van der Waals surface area contributed by atoms with E-state index in [2.05, 4.69) is 17.4 Å². The average Bonchev–Trinajstić information content (AvgIpc) is 2.91. The molecule has 1 atom stereocenters. The van der Waals surface area contributed by atoms with Crippen molar-refractivity contribution >= 4 is 6.09 Å². The summed E-state index contributed by atoms with van der Waals surface area (Å²) in [4.78, 5) is 11.3. The van der Waals surface area contributed by atoms with Gasteiger partial charge < -0.3 is 14.8 Å². The third-order valence-electron chi connectivity index (χ3n) is 3.49. The quantitative estimate of drug-likeness (QED) is 0.942. The van der Waals surface area contributed by atoms with Crippen molar-refractivity contribution in [2.45, 2.75) is 19.1 Å². The molecule has 0 fully saturated rings. The number of para-hydroxylation sites is 1. The summed E-state index contributed by atoms with van der Waals surface area (Å²) in [6, 6.07) is 16.3.